The largest absolute Gasteiger partial charge is 0.324 e. The zero-order valence-corrected chi connectivity index (χ0v) is 13.8. The molecule has 6 nitrogen and oxygen atoms in total. The van der Waals surface area contributed by atoms with Gasteiger partial charge in [-0.25, -0.2) is 9.97 Å². The van der Waals surface area contributed by atoms with Crippen molar-refractivity contribution >= 4 is 22.5 Å². The van der Waals surface area contributed by atoms with E-state index in [-0.39, 0.29) is 12.3 Å². The summed E-state index contributed by atoms with van der Waals surface area (Å²) in [6.45, 7) is 0. The summed E-state index contributed by atoms with van der Waals surface area (Å²) in [6, 6.07) is 13.1. The number of nitrogens with zero attached hydrogens (tertiary/aromatic N) is 4. The molecular formula is C20H15N5O. The lowest BCUT2D eigenvalue weighted by molar-refractivity contribution is -0.115. The van der Waals surface area contributed by atoms with Crippen LogP contribution < -0.4 is 5.32 Å². The predicted molar refractivity (Wildman–Crippen MR) is 99.3 cm³/mol. The van der Waals surface area contributed by atoms with E-state index in [1.165, 1.54) is 0 Å². The van der Waals surface area contributed by atoms with Gasteiger partial charge in [-0.2, -0.15) is 0 Å². The van der Waals surface area contributed by atoms with Gasteiger partial charge in [0.25, 0.3) is 0 Å². The Morgan fingerprint density at radius 3 is 2.54 bits per heavy atom. The lowest BCUT2D eigenvalue weighted by Crippen LogP contribution is -2.15. The first kappa shape index (κ1) is 15.8. The van der Waals surface area contributed by atoms with Crippen molar-refractivity contribution in [3.8, 4) is 11.4 Å². The third kappa shape index (κ3) is 3.39. The fraction of sp³-hybridized carbons (Fsp3) is 0.0500. The number of hydrogen-bond acceptors (Lipinski definition) is 5. The van der Waals surface area contributed by atoms with Crippen LogP contribution in [-0.2, 0) is 11.2 Å². The molecule has 0 unspecified atom stereocenters. The number of para-hydroxylation sites is 1. The Kier molecular flexibility index (Phi) is 4.30. The lowest BCUT2D eigenvalue weighted by Gasteiger charge is -2.08. The van der Waals surface area contributed by atoms with Crippen LogP contribution in [-0.4, -0.2) is 25.8 Å². The van der Waals surface area contributed by atoms with Gasteiger partial charge >= 0.3 is 0 Å². The van der Waals surface area contributed by atoms with Gasteiger partial charge in [0.15, 0.2) is 5.82 Å². The molecule has 126 valence electrons. The van der Waals surface area contributed by atoms with Crippen molar-refractivity contribution in [2.45, 2.75) is 6.42 Å². The van der Waals surface area contributed by atoms with Crippen molar-refractivity contribution in [2.24, 2.45) is 0 Å². The molecule has 3 heterocycles. The summed E-state index contributed by atoms with van der Waals surface area (Å²) < 4.78 is 0. The molecule has 0 saturated heterocycles. The van der Waals surface area contributed by atoms with Crippen molar-refractivity contribution in [3.63, 3.8) is 0 Å². The van der Waals surface area contributed by atoms with Gasteiger partial charge in [0, 0.05) is 35.7 Å². The van der Waals surface area contributed by atoms with Crippen molar-refractivity contribution in [1.29, 1.82) is 0 Å². The Bertz CT molecular complexity index is 1050. The van der Waals surface area contributed by atoms with Gasteiger partial charge in [-0.05, 0) is 29.8 Å². The summed E-state index contributed by atoms with van der Waals surface area (Å²) in [5.41, 5.74) is 3.12. The minimum absolute atomic E-state index is 0.118. The molecule has 4 aromatic rings. The van der Waals surface area contributed by atoms with E-state index in [4.69, 9.17) is 0 Å². The Balaban J connectivity index is 1.65. The number of benzene rings is 1. The molecule has 0 radical (unpaired) electrons. The van der Waals surface area contributed by atoms with E-state index in [0.29, 0.717) is 11.5 Å². The molecule has 0 aliphatic carbocycles. The van der Waals surface area contributed by atoms with E-state index in [1.54, 1.807) is 43.1 Å². The highest BCUT2D eigenvalue weighted by Gasteiger charge is 2.11. The maximum absolute atomic E-state index is 12.4. The minimum atomic E-state index is -0.118. The van der Waals surface area contributed by atoms with Crippen LogP contribution in [0, 0.1) is 0 Å². The number of amides is 1. The second kappa shape index (κ2) is 7.06. The second-order valence-corrected chi connectivity index (χ2v) is 5.76. The topological polar surface area (TPSA) is 80.7 Å². The molecule has 0 fully saturated rings. The summed E-state index contributed by atoms with van der Waals surface area (Å²) in [7, 11) is 0. The summed E-state index contributed by atoms with van der Waals surface area (Å²) in [5, 5.41) is 3.74. The van der Waals surface area contributed by atoms with E-state index in [2.05, 4.69) is 25.3 Å². The van der Waals surface area contributed by atoms with Crippen LogP contribution in [0.3, 0.4) is 0 Å². The standard InChI is InChI=1S/C20H15N5O/c26-18(24-17-7-3-9-22-13-17)10-14-4-1-5-15-12-23-20(25-19(14)15)16-6-2-8-21-11-16/h1-9,11-13H,10H2,(H,24,26). The first-order valence-electron chi connectivity index (χ1n) is 8.14. The summed E-state index contributed by atoms with van der Waals surface area (Å²) in [4.78, 5) is 29.6. The average molecular weight is 341 g/mol. The molecule has 0 aliphatic heterocycles. The van der Waals surface area contributed by atoms with Crippen LogP contribution in [0.5, 0.6) is 0 Å². The molecule has 0 bridgehead atoms. The monoisotopic (exact) mass is 341 g/mol. The predicted octanol–water partition coefficient (Wildman–Crippen LogP) is 3.27. The van der Waals surface area contributed by atoms with Crippen LogP contribution in [0.2, 0.25) is 0 Å². The molecule has 0 saturated carbocycles. The van der Waals surface area contributed by atoms with Crippen molar-refractivity contribution in [1.82, 2.24) is 19.9 Å². The van der Waals surface area contributed by atoms with E-state index in [0.717, 1.165) is 22.0 Å². The van der Waals surface area contributed by atoms with Crippen LogP contribution in [0.4, 0.5) is 5.69 Å². The normalized spacial score (nSPS) is 10.6. The molecule has 3 aromatic heterocycles. The molecule has 26 heavy (non-hydrogen) atoms. The van der Waals surface area contributed by atoms with Gasteiger partial charge in [-0.1, -0.05) is 18.2 Å². The second-order valence-electron chi connectivity index (χ2n) is 5.76. The fourth-order valence-corrected chi connectivity index (χ4v) is 2.71. The highest BCUT2D eigenvalue weighted by Crippen LogP contribution is 2.21. The van der Waals surface area contributed by atoms with Crippen LogP contribution in [0.15, 0.2) is 73.4 Å². The fourth-order valence-electron chi connectivity index (χ4n) is 2.71. The number of anilines is 1. The minimum Gasteiger partial charge on any atom is -0.324 e. The quantitative estimate of drug-likeness (QED) is 0.616. The molecule has 6 heteroatoms. The molecule has 1 amide bonds. The first-order valence-corrected chi connectivity index (χ1v) is 8.14. The SMILES string of the molecule is O=C(Cc1cccc2cnc(-c3cccnc3)nc12)Nc1cccnc1. The van der Waals surface area contributed by atoms with Gasteiger partial charge in [0.05, 0.1) is 23.8 Å². The molecular weight excluding hydrogens is 326 g/mol. The molecule has 0 atom stereocenters. The third-order valence-electron chi connectivity index (χ3n) is 3.91. The maximum Gasteiger partial charge on any atom is 0.228 e. The highest BCUT2D eigenvalue weighted by molar-refractivity contribution is 5.95. The Labute approximate surface area is 150 Å². The summed E-state index contributed by atoms with van der Waals surface area (Å²) >= 11 is 0. The Morgan fingerprint density at radius 2 is 1.77 bits per heavy atom. The number of nitrogens with one attached hydrogen (secondary N) is 1. The smallest absolute Gasteiger partial charge is 0.228 e. The van der Waals surface area contributed by atoms with Gasteiger partial charge in [0.1, 0.15) is 0 Å². The van der Waals surface area contributed by atoms with Gasteiger partial charge < -0.3 is 5.32 Å². The molecule has 1 aromatic carbocycles. The number of rotatable bonds is 4. The molecule has 0 spiro atoms. The third-order valence-corrected chi connectivity index (χ3v) is 3.91. The Morgan fingerprint density at radius 1 is 0.923 bits per heavy atom. The molecule has 0 aliphatic rings. The van der Waals surface area contributed by atoms with Crippen LogP contribution in [0.25, 0.3) is 22.3 Å². The number of pyridine rings is 2. The van der Waals surface area contributed by atoms with E-state index >= 15 is 0 Å². The summed E-state index contributed by atoms with van der Waals surface area (Å²) in [5.74, 6) is 0.470. The maximum atomic E-state index is 12.4. The zero-order chi connectivity index (χ0) is 17.8. The zero-order valence-electron chi connectivity index (χ0n) is 13.8. The average Bonchev–Trinajstić information content (AvgIpc) is 2.69. The van der Waals surface area contributed by atoms with Crippen molar-refractivity contribution in [2.75, 3.05) is 5.32 Å². The van der Waals surface area contributed by atoms with Crippen LogP contribution in [0.1, 0.15) is 5.56 Å². The Hall–Kier alpha value is -3.67. The van der Waals surface area contributed by atoms with E-state index < -0.39 is 0 Å². The number of carbonyl (C=O) groups excluding carboxylic acids is 1. The van der Waals surface area contributed by atoms with Crippen molar-refractivity contribution < 1.29 is 4.79 Å². The van der Waals surface area contributed by atoms with E-state index in [9.17, 15) is 4.79 Å². The molecule has 1 N–H and O–H groups in total. The number of hydrogen-bond donors (Lipinski definition) is 1. The lowest BCUT2D eigenvalue weighted by atomic mass is 10.1. The van der Waals surface area contributed by atoms with Gasteiger partial charge in [-0.3, -0.25) is 14.8 Å². The van der Waals surface area contributed by atoms with E-state index in [1.807, 2.05) is 30.3 Å². The molecule has 4 rings (SSSR count). The number of carbonyl (C=O) groups is 1. The first-order chi connectivity index (χ1) is 12.8. The summed E-state index contributed by atoms with van der Waals surface area (Å²) in [6.07, 6.45) is 8.70. The van der Waals surface area contributed by atoms with Gasteiger partial charge in [-0.15, -0.1) is 0 Å². The number of fused-ring (bicyclic) bond motifs is 1. The van der Waals surface area contributed by atoms with Crippen LogP contribution >= 0.6 is 0 Å². The van der Waals surface area contributed by atoms with Gasteiger partial charge in [0.2, 0.25) is 5.91 Å². The van der Waals surface area contributed by atoms with Crippen molar-refractivity contribution in [3.05, 3.63) is 79.0 Å². The highest BCUT2D eigenvalue weighted by atomic mass is 16.1. The number of aromatic nitrogens is 4.